The molecule has 1 amide bonds. The number of nitrogens with one attached hydrogen (secondary N) is 2. The fraction of sp³-hybridized carbons (Fsp3) is 0.136. The molecule has 0 bridgehead atoms. The van der Waals surface area contributed by atoms with E-state index in [1.54, 1.807) is 35.4 Å². The molecule has 4 rings (SSSR count). The Morgan fingerprint density at radius 3 is 2.77 bits per heavy atom. The number of carbonyl (C=O) groups is 1. The highest BCUT2D eigenvalue weighted by Gasteiger charge is 2.16. The van der Waals surface area contributed by atoms with Crippen LogP contribution in [0.1, 0.15) is 12.0 Å². The van der Waals surface area contributed by atoms with Crippen molar-refractivity contribution in [1.82, 2.24) is 24.9 Å². The molecular weight excluding hydrogens is 380 g/mol. The predicted octanol–water partition coefficient (Wildman–Crippen LogP) is 3.38. The van der Waals surface area contributed by atoms with Gasteiger partial charge in [0.25, 0.3) is 5.91 Å². The van der Waals surface area contributed by atoms with Crippen molar-refractivity contribution >= 4 is 12.0 Å². The van der Waals surface area contributed by atoms with E-state index in [1.165, 1.54) is 0 Å². The quantitative estimate of drug-likeness (QED) is 0.269. The Hall–Kier alpha value is -4.25. The van der Waals surface area contributed by atoms with Crippen LogP contribution in [0.25, 0.3) is 23.2 Å². The van der Waals surface area contributed by atoms with Crippen LogP contribution in [0.2, 0.25) is 0 Å². The molecule has 0 saturated heterocycles. The summed E-state index contributed by atoms with van der Waals surface area (Å²) in [4.78, 5) is 12.5. The molecule has 8 nitrogen and oxygen atoms in total. The summed E-state index contributed by atoms with van der Waals surface area (Å²) in [5.41, 5.74) is 2.05. The van der Waals surface area contributed by atoms with Gasteiger partial charge < -0.3 is 14.8 Å². The van der Waals surface area contributed by atoms with Gasteiger partial charge in [-0.05, 0) is 36.8 Å². The van der Waals surface area contributed by atoms with Crippen molar-refractivity contribution in [3.8, 4) is 23.2 Å². The molecule has 0 saturated carbocycles. The van der Waals surface area contributed by atoms with Crippen molar-refractivity contribution in [3.63, 3.8) is 0 Å². The lowest BCUT2D eigenvalue weighted by Gasteiger charge is -2.09. The van der Waals surface area contributed by atoms with Crippen LogP contribution in [0.15, 0.2) is 77.3 Å². The number of rotatable bonds is 8. The average molecular weight is 400 g/mol. The molecule has 0 aliphatic heterocycles. The van der Waals surface area contributed by atoms with Gasteiger partial charge in [0.2, 0.25) is 0 Å². The zero-order valence-electron chi connectivity index (χ0n) is 16.2. The number of para-hydroxylation sites is 1. The van der Waals surface area contributed by atoms with Crippen LogP contribution in [0, 0.1) is 11.3 Å². The molecule has 8 heteroatoms. The van der Waals surface area contributed by atoms with E-state index in [4.69, 9.17) is 4.42 Å². The topological polar surface area (TPSA) is 105 Å². The van der Waals surface area contributed by atoms with Crippen molar-refractivity contribution in [2.24, 2.45) is 0 Å². The fourth-order valence-corrected chi connectivity index (χ4v) is 2.98. The minimum atomic E-state index is -0.414. The van der Waals surface area contributed by atoms with E-state index in [2.05, 4.69) is 15.5 Å². The highest BCUT2D eigenvalue weighted by molar-refractivity contribution is 6.02. The molecule has 0 unspecified atom stereocenters. The number of nitriles is 1. The Balaban J connectivity index is 1.56. The van der Waals surface area contributed by atoms with Gasteiger partial charge in [-0.25, -0.2) is 4.68 Å². The molecule has 0 spiro atoms. The largest absolute Gasteiger partial charge is 0.463 e. The molecule has 0 atom stereocenters. The summed E-state index contributed by atoms with van der Waals surface area (Å²) in [6.45, 7) is 1.24. The van der Waals surface area contributed by atoms with E-state index >= 15 is 0 Å². The monoisotopic (exact) mass is 400 g/mol. The molecule has 0 radical (unpaired) electrons. The minimum absolute atomic E-state index is 0.0115. The number of aromatic nitrogens is 4. The summed E-state index contributed by atoms with van der Waals surface area (Å²) < 4.78 is 9.11. The standard InChI is InChI=1S/C22H20N6O2/c23-15-17(22(29)24-9-5-11-27-12-10-25-27)14-18-16-28(19-6-2-1-3-7-19)26-21(18)20-8-4-13-30-20/h1-4,6-8,10,12-14,16,25H,5,9,11H2,(H,24,29)/b17-14+. The maximum Gasteiger partial charge on any atom is 0.261 e. The third kappa shape index (κ3) is 4.25. The maximum atomic E-state index is 12.5. The summed E-state index contributed by atoms with van der Waals surface area (Å²) in [5, 5.41) is 19.9. The van der Waals surface area contributed by atoms with Gasteiger partial charge in [0.05, 0.1) is 12.0 Å². The highest BCUT2D eigenvalue weighted by Crippen LogP contribution is 2.26. The van der Waals surface area contributed by atoms with Crippen molar-refractivity contribution in [1.29, 1.82) is 5.26 Å². The summed E-state index contributed by atoms with van der Waals surface area (Å²) >= 11 is 0. The van der Waals surface area contributed by atoms with E-state index < -0.39 is 5.91 Å². The number of hydrogen-bond donors (Lipinski definition) is 2. The maximum absolute atomic E-state index is 12.5. The molecule has 1 aromatic carbocycles. The predicted molar refractivity (Wildman–Crippen MR) is 111 cm³/mol. The molecule has 3 aromatic heterocycles. The third-order valence-corrected chi connectivity index (χ3v) is 4.54. The normalized spacial score (nSPS) is 11.4. The van der Waals surface area contributed by atoms with E-state index in [0.29, 0.717) is 23.6 Å². The second-order valence-corrected chi connectivity index (χ2v) is 6.61. The minimum Gasteiger partial charge on any atom is -0.463 e. The second-order valence-electron chi connectivity index (χ2n) is 6.61. The Morgan fingerprint density at radius 1 is 1.27 bits per heavy atom. The summed E-state index contributed by atoms with van der Waals surface area (Å²) in [7, 11) is 0. The first-order valence-corrected chi connectivity index (χ1v) is 9.53. The van der Waals surface area contributed by atoms with Gasteiger partial charge in [-0.3, -0.25) is 9.48 Å². The second kappa shape index (κ2) is 8.84. The molecule has 0 fully saturated rings. The van der Waals surface area contributed by atoms with Crippen LogP contribution in [-0.4, -0.2) is 32.0 Å². The van der Waals surface area contributed by atoms with Gasteiger partial charge >= 0.3 is 0 Å². The number of aryl methyl sites for hydroxylation is 1. The molecule has 3 heterocycles. The van der Waals surface area contributed by atoms with Gasteiger partial charge in [-0.1, -0.05) is 18.2 Å². The number of H-pyrrole nitrogens is 1. The lowest BCUT2D eigenvalue weighted by molar-refractivity contribution is -0.117. The third-order valence-electron chi connectivity index (χ3n) is 4.54. The van der Waals surface area contributed by atoms with Crippen molar-refractivity contribution < 1.29 is 9.21 Å². The number of benzene rings is 1. The van der Waals surface area contributed by atoms with E-state index in [1.807, 2.05) is 53.5 Å². The first-order valence-electron chi connectivity index (χ1n) is 9.53. The Kier molecular flexibility index (Phi) is 5.62. The molecule has 150 valence electrons. The number of aromatic amines is 1. The molecule has 4 aromatic rings. The van der Waals surface area contributed by atoms with Gasteiger partial charge in [0.15, 0.2) is 5.76 Å². The average Bonchev–Trinajstić information content (AvgIpc) is 3.40. The van der Waals surface area contributed by atoms with Crippen LogP contribution in [0.5, 0.6) is 0 Å². The first kappa shape index (κ1) is 19.1. The zero-order chi connectivity index (χ0) is 20.8. The van der Waals surface area contributed by atoms with Gasteiger partial charge in [-0.2, -0.15) is 10.4 Å². The number of carbonyl (C=O) groups excluding carboxylic acids is 1. The van der Waals surface area contributed by atoms with Crippen molar-refractivity contribution in [2.75, 3.05) is 6.54 Å². The summed E-state index contributed by atoms with van der Waals surface area (Å²) in [6.07, 6.45) is 9.39. The van der Waals surface area contributed by atoms with Gasteiger partial charge in [0, 0.05) is 37.2 Å². The SMILES string of the molecule is N#C/C(=C\c1cn(-c2ccccc2)nc1-c1ccco1)C(=O)NCCCn1cc[nH]1. The van der Waals surface area contributed by atoms with Crippen LogP contribution < -0.4 is 5.32 Å². The zero-order valence-corrected chi connectivity index (χ0v) is 16.2. The Bertz CT molecular complexity index is 1160. The first-order chi connectivity index (χ1) is 14.7. The summed E-state index contributed by atoms with van der Waals surface area (Å²) in [5.74, 6) is 0.145. The number of nitrogens with zero attached hydrogens (tertiary/aromatic N) is 4. The molecular formula is C22H20N6O2. The van der Waals surface area contributed by atoms with Crippen molar-refractivity contribution in [3.05, 3.63) is 78.5 Å². The lowest BCUT2D eigenvalue weighted by Crippen LogP contribution is -2.26. The molecule has 0 aliphatic carbocycles. The van der Waals surface area contributed by atoms with Crippen LogP contribution in [0.3, 0.4) is 0 Å². The Morgan fingerprint density at radius 2 is 2.10 bits per heavy atom. The lowest BCUT2D eigenvalue weighted by atomic mass is 10.1. The summed E-state index contributed by atoms with van der Waals surface area (Å²) in [6, 6.07) is 15.2. The fourth-order valence-electron chi connectivity index (χ4n) is 2.98. The number of hydrogen-bond acceptors (Lipinski definition) is 4. The number of amides is 1. The number of furan rings is 1. The highest BCUT2D eigenvalue weighted by atomic mass is 16.3. The van der Waals surface area contributed by atoms with Gasteiger partial charge in [-0.15, -0.1) is 0 Å². The van der Waals surface area contributed by atoms with Gasteiger partial charge in [0.1, 0.15) is 17.3 Å². The van der Waals surface area contributed by atoms with Crippen LogP contribution >= 0.6 is 0 Å². The molecule has 0 aliphatic rings. The van der Waals surface area contributed by atoms with E-state index in [9.17, 15) is 10.1 Å². The van der Waals surface area contributed by atoms with Crippen molar-refractivity contribution in [2.45, 2.75) is 13.0 Å². The molecule has 30 heavy (non-hydrogen) atoms. The molecule has 2 N–H and O–H groups in total. The van der Waals surface area contributed by atoms with Crippen LogP contribution in [-0.2, 0) is 11.3 Å². The smallest absolute Gasteiger partial charge is 0.261 e. The van der Waals surface area contributed by atoms with E-state index in [0.717, 1.165) is 18.7 Å². The Labute approximate surface area is 173 Å². The van der Waals surface area contributed by atoms with E-state index in [-0.39, 0.29) is 5.57 Å². The van der Waals surface area contributed by atoms with Crippen LogP contribution in [0.4, 0.5) is 0 Å².